The molecule has 0 amide bonds. The number of aliphatic hydroxyl groups is 1. The van der Waals surface area contributed by atoms with Gasteiger partial charge in [0.15, 0.2) is 0 Å². The van der Waals surface area contributed by atoms with E-state index in [0.717, 1.165) is 33.6 Å². The number of tetrazole rings is 1. The number of halogens is 5. The molecule has 5 aromatic rings. The van der Waals surface area contributed by atoms with E-state index in [1.165, 1.54) is 35.5 Å². The first-order valence-electron chi connectivity index (χ1n) is 13.6. The number of allylic oxidation sites excluding steroid dienone is 1. The summed E-state index contributed by atoms with van der Waals surface area (Å²) in [7, 11) is 0. The highest BCUT2D eigenvalue weighted by molar-refractivity contribution is 5.53. The van der Waals surface area contributed by atoms with Crippen molar-refractivity contribution in [2.75, 3.05) is 0 Å². The standard InChI is InChI=1S/C30H26F5N7O3/c1-20(29(44,17-40-19-36-18-37-40)26-13-10-23(31)15-27(26)32)4-2-5-21-6-3-7-24(14-21)42-28(43)41(38-39-42)16-22-8-11-25(12-9-22)45-30(33,34)35/h2-3,5-15,18-20,44H,4,16-17H2,1H3/b5-2+/t20-,29+/m0/s1. The van der Waals surface area contributed by atoms with Crippen LogP contribution in [-0.4, -0.2) is 46.0 Å². The zero-order chi connectivity index (χ0) is 32.2. The molecule has 0 saturated carbocycles. The van der Waals surface area contributed by atoms with Crippen molar-refractivity contribution in [3.05, 3.63) is 124 Å². The third-order valence-corrected chi connectivity index (χ3v) is 7.13. The molecule has 0 spiro atoms. The van der Waals surface area contributed by atoms with Gasteiger partial charge in [-0.2, -0.15) is 14.5 Å². The highest BCUT2D eigenvalue weighted by Crippen LogP contribution is 2.36. The van der Waals surface area contributed by atoms with E-state index in [1.807, 2.05) is 0 Å². The van der Waals surface area contributed by atoms with E-state index >= 15 is 0 Å². The zero-order valence-electron chi connectivity index (χ0n) is 23.6. The number of hydrogen-bond donors (Lipinski definition) is 1. The molecule has 0 unspecified atom stereocenters. The Labute approximate surface area is 252 Å². The van der Waals surface area contributed by atoms with Crippen LogP contribution >= 0.6 is 0 Å². The maximum Gasteiger partial charge on any atom is 0.573 e. The van der Waals surface area contributed by atoms with E-state index in [2.05, 4.69) is 25.2 Å². The Balaban J connectivity index is 1.30. The van der Waals surface area contributed by atoms with Crippen molar-refractivity contribution in [3.8, 4) is 11.4 Å². The lowest BCUT2D eigenvalue weighted by atomic mass is 9.80. The van der Waals surface area contributed by atoms with Gasteiger partial charge in [0.2, 0.25) is 0 Å². The molecule has 15 heteroatoms. The minimum Gasteiger partial charge on any atom is -0.406 e. The SMILES string of the molecule is C[C@@H](C/C=C/c1cccc(-n2nnn(Cc3ccc(OC(F)(F)F)cc3)c2=O)c1)[C@](O)(Cn1cncn1)c1ccc(F)cc1F. The molecular formula is C30H26F5N7O3. The Kier molecular flexibility index (Phi) is 8.90. The molecule has 45 heavy (non-hydrogen) atoms. The maximum atomic E-state index is 14.8. The van der Waals surface area contributed by atoms with Crippen molar-refractivity contribution >= 4 is 6.08 Å². The molecule has 2 heterocycles. The summed E-state index contributed by atoms with van der Waals surface area (Å²) in [4.78, 5) is 16.9. The van der Waals surface area contributed by atoms with Gasteiger partial charge in [-0.05, 0) is 64.2 Å². The quantitative estimate of drug-likeness (QED) is 0.208. The van der Waals surface area contributed by atoms with Gasteiger partial charge in [-0.15, -0.1) is 13.2 Å². The van der Waals surface area contributed by atoms with Crippen LogP contribution in [0.4, 0.5) is 22.0 Å². The maximum absolute atomic E-state index is 14.8. The van der Waals surface area contributed by atoms with Crippen LogP contribution in [0.25, 0.3) is 11.8 Å². The van der Waals surface area contributed by atoms with E-state index in [9.17, 15) is 31.9 Å². The summed E-state index contributed by atoms with van der Waals surface area (Å²) in [5.74, 6) is -2.59. The molecule has 0 aliphatic heterocycles. The molecule has 0 bridgehead atoms. The van der Waals surface area contributed by atoms with E-state index in [4.69, 9.17) is 0 Å². The molecular weight excluding hydrogens is 601 g/mol. The molecule has 2 atom stereocenters. The topological polar surface area (TPSA) is 113 Å². The summed E-state index contributed by atoms with van der Waals surface area (Å²) in [6, 6.07) is 14.9. The third-order valence-electron chi connectivity index (χ3n) is 7.13. The highest BCUT2D eigenvalue weighted by atomic mass is 19.4. The van der Waals surface area contributed by atoms with Crippen molar-refractivity contribution in [1.82, 2.24) is 34.6 Å². The minimum absolute atomic E-state index is 0.0330. The predicted molar refractivity (Wildman–Crippen MR) is 151 cm³/mol. The Morgan fingerprint density at radius 2 is 1.80 bits per heavy atom. The molecule has 0 saturated heterocycles. The minimum atomic E-state index is -4.81. The Morgan fingerprint density at radius 1 is 1.02 bits per heavy atom. The largest absolute Gasteiger partial charge is 0.573 e. The summed E-state index contributed by atoms with van der Waals surface area (Å²) in [5.41, 5.74) is -0.792. The fourth-order valence-electron chi connectivity index (χ4n) is 4.78. The van der Waals surface area contributed by atoms with Crippen molar-refractivity contribution in [1.29, 1.82) is 0 Å². The van der Waals surface area contributed by atoms with Crippen molar-refractivity contribution in [2.24, 2.45) is 5.92 Å². The number of hydrogen-bond acceptors (Lipinski definition) is 7. The van der Waals surface area contributed by atoms with Gasteiger partial charge in [0.25, 0.3) is 0 Å². The van der Waals surface area contributed by atoms with Crippen LogP contribution in [0.3, 0.4) is 0 Å². The second-order valence-electron chi connectivity index (χ2n) is 10.3. The third kappa shape index (κ3) is 7.49. The van der Waals surface area contributed by atoms with Crippen LogP contribution in [0.5, 0.6) is 5.75 Å². The Hall–Kier alpha value is -5.18. The van der Waals surface area contributed by atoms with Crippen LogP contribution in [0, 0.1) is 17.6 Å². The van der Waals surface area contributed by atoms with Gasteiger partial charge >= 0.3 is 12.1 Å². The molecule has 10 nitrogen and oxygen atoms in total. The molecule has 3 aromatic carbocycles. The second-order valence-corrected chi connectivity index (χ2v) is 10.3. The molecule has 1 N–H and O–H groups in total. The van der Waals surface area contributed by atoms with Gasteiger partial charge in [0.1, 0.15) is 35.6 Å². The Bertz CT molecular complexity index is 1840. The van der Waals surface area contributed by atoms with Gasteiger partial charge < -0.3 is 9.84 Å². The molecule has 0 aliphatic carbocycles. The first kappa shape index (κ1) is 31.3. The van der Waals surface area contributed by atoms with Crippen molar-refractivity contribution < 1.29 is 31.8 Å². The smallest absolute Gasteiger partial charge is 0.406 e. The molecule has 0 aliphatic rings. The molecule has 0 radical (unpaired) electrons. The number of alkyl halides is 3. The predicted octanol–water partition coefficient (Wildman–Crippen LogP) is 4.87. The molecule has 0 fully saturated rings. The highest BCUT2D eigenvalue weighted by Gasteiger charge is 2.38. The van der Waals surface area contributed by atoms with E-state index < -0.39 is 35.2 Å². The van der Waals surface area contributed by atoms with E-state index in [0.29, 0.717) is 16.8 Å². The van der Waals surface area contributed by atoms with Crippen LogP contribution in [0.15, 0.2) is 90.3 Å². The number of benzene rings is 3. The van der Waals surface area contributed by atoms with Gasteiger partial charge in [-0.3, -0.25) is 0 Å². The van der Waals surface area contributed by atoms with Crippen LogP contribution in [0.1, 0.15) is 30.0 Å². The summed E-state index contributed by atoms with van der Waals surface area (Å²) in [6.07, 6.45) is 1.70. The first-order valence-corrected chi connectivity index (χ1v) is 13.6. The summed E-state index contributed by atoms with van der Waals surface area (Å²) < 4.78 is 73.0. The monoisotopic (exact) mass is 627 g/mol. The number of rotatable bonds is 11. The second kappa shape index (κ2) is 12.8. The average Bonchev–Trinajstić information content (AvgIpc) is 3.62. The van der Waals surface area contributed by atoms with Gasteiger partial charge in [0.05, 0.1) is 18.8 Å². The molecule has 5 rings (SSSR count). The van der Waals surface area contributed by atoms with Crippen LogP contribution in [0.2, 0.25) is 0 Å². The fraction of sp³-hybridized carbons (Fsp3) is 0.233. The summed E-state index contributed by atoms with van der Waals surface area (Å²) in [6.45, 7) is 1.58. The normalized spacial score (nSPS) is 14.0. The summed E-state index contributed by atoms with van der Waals surface area (Å²) >= 11 is 0. The van der Waals surface area contributed by atoms with Crippen molar-refractivity contribution in [3.63, 3.8) is 0 Å². The zero-order valence-corrected chi connectivity index (χ0v) is 23.6. The number of ether oxygens (including phenoxy) is 1. The van der Waals surface area contributed by atoms with E-state index in [-0.39, 0.29) is 30.8 Å². The van der Waals surface area contributed by atoms with Gasteiger partial charge in [0, 0.05) is 11.6 Å². The van der Waals surface area contributed by atoms with Crippen LogP contribution < -0.4 is 10.4 Å². The Morgan fingerprint density at radius 3 is 2.49 bits per heavy atom. The summed E-state index contributed by atoms with van der Waals surface area (Å²) in [5, 5.41) is 23.5. The van der Waals surface area contributed by atoms with Gasteiger partial charge in [-0.1, -0.05) is 49.4 Å². The van der Waals surface area contributed by atoms with E-state index in [1.54, 1.807) is 43.3 Å². The lowest BCUT2D eigenvalue weighted by Crippen LogP contribution is -2.39. The molecule has 2 aromatic heterocycles. The lowest BCUT2D eigenvalue weighted by molar-refractivity contribution is -0.274. The van der Waals surface area contributed by atoms with Gasteiger partial charge in [-0.25, -0.2) is 23.2 Å². The van der Waals surface area contributed by atoms with Crippen molar-refractivity contribution in [2.45, 2.75) is 38.4 Å². The number of nitrogens with zero attached hydrogens (tertiary/aromatic N) is 7. The lowest BCUT2D eigenvalue weighted by Gasteiger charge is -2.34. The fourth-order valence-corrected chi connectivity index (χ4v) is 4.78. The molecule has 234 valence electrons. The average molecular weight is 628 g/mol. The number of aromatic nitrogens is 7. The van der Waals surface area contributed by atoms with Crippen LogP contribution in [-0.2, 0) is 18.7 Å². The first-order chi connectivity index (χ1) is 21.4.